The lowest BCUT2D eigenvalue weighted by atomic mass is 10.1. The average molecular weight is 711 g/mol. The van der Waals surface area contributed by atoms with Crippen LogP contribution in [0.15, 0.2) is 62.1 Å². The highest BCUT2D eigenvalue weighted by molar-refractivity contribution is 8.01. The molecule has 6 rings (SSSR count). The molecule has 0 spiro atoms. The third-order valence-electron chi connectivity index (χ3n) is 7.36. The number of hydrogen-bond acceptors (Lipinski definition) is 13. The third-order valence-corrected chi connectivity index (χ3v) is 9.73. The van der Waals surface area contributed by atoms with E-state index in [2.05, 4.69) is 10.2 Å². The smallest absolute Gasteiger partial charge is 0.239 e. The molecule has 0 amide bonds. The molecule has 3 heterocycles. The zero-order valence-corrected chi connectivity index (χ0v) is 29.1. The molecule has 48 heavy (non-hydrogen) atoms. The van der Waals surface area contributed by atoms with Crippen LogP contribution >= 0.6 is 34.7 Å². The lowest BCUT2D eigenvalue weighted by Gasteiger charge is -2.17. The van der Waals surface area contributed by atoms with Crippen LogP contribution in [0.1, 0.15) is 12.8 Å². The second-order valence-corrected chi connectivity index (χ2v) is 12.9. The summed E-state index contributed by atoms with van der Waals surface area (Å²) in [6, 6.07) is 14.1. The van der Waals surface area contributed by atoms with Crippen LogP contribution in [0.4, 0.5) is 0 Å². The van der Waals surface area contributed by atoms with Crippen molar-refractivity contribution in [3.05, 3.63) is 63.8 Å². The van der Waals surface area contributed by atoms with Crippen molar-refractivity contribution >= 4 is 50.6 Å². The summed E-state index contributed by atoms with van der Waals surface area (Å²) < 4.78 is 42.7. The lowest BCUT2D eigenvalue weighted by Crippen LogP contribution is -2.12. The first-order chi connectivity index (χ1) is 23.4. The van der Waals surface area contributed by atoms with Gasteiger partial charge in [0.05, 0.1) is 42.2 Å². The van der Waals surface area contributed by atoms with Crippen LogP contribution in [-0.4, -0.2) is 67.7 Å². The quantitative estimate of drug-likeness (QED) is 0.0833. The Labute approximate surface area is 288 Å². The van der Waals surface area contributed by atoms with Crippen LogP contribution < -0.4 is 33.8 Å². The Kier molecular flexibility index (Phi) is 10.1. The Hall–Kier alpha value is -4.66. The Balaban J connectivity index is 1.22. The first-order valence-electron chi connectivity index (χ1n) is 14.7. The maximum Gasteiger partial charge on any atom is 0.239 e. The van der Waals surface area contributed by atoms with E-state index in [1.54, 1.807) is 40.5 Å². The van der Waals surface area contributed by atoms with Gasteiger partial charge in [-0.1, -0.05) is 34.7 Å². The van der Waals surface area contributed by atoms with E-state index < -0.39 is 0 Å². The lowest BCUT2D eigenvalue weighted by molar-refractivity contribution is 0.301. The van der Waals surface area contributed by atoms with Gasteiger partial charge in [0.25, 0.3) is 0 Å². The first-order valence-corrected chi connectivity index (χ1v) is 16.8. The SMILES string of the molecule is COc1cc(OC)c2c(=O)c(OCCCCSc3nn4c(-c5ccc(Cl)cc5)nnc4s3)c(-c3cc(OC)c(OC)c(OC)c3)oc2c1. The summed E-state index contributed by atoms with van der Waals surface area (Å²) in [6.07, 6.45) is 1.47. The van der Waals surface area contributed by atoms with Crippen molar-refractivity contribution in [3.8, 4) is 57.2 Å². The Bertz CT molecular complexity index is 2110. The van der Waals surface area contributed by atoms with Gasteiger partial charge in [-0.2, -0.15) is 4.52 Å². The third kappa shape index (κ3) is 6.55. The summed E-state index contributed by atoms with van der Waals surface area (Å²) in [4.78, 5) is 14.7. The summed E-state index contributed by atoms with van der Waals surface area (Å²) >= 11 is 9.13. The largest absolute Gasteiger partial charge is 0.496 e. The standard InChI is InChI=1S/C33H31ClN4O8S2/c1-40-21-16-22(41-2)26-23(17-21)46-28(19-14-24(42-3)29(44-5)25(15-19)43-4)30(27(26)39)45-12-6-7-13-47-33-37-38-31(35-36-32(38)48-33)18-8-10-20(34)11-9-18/h8-11,14-17H,6-7,12-13H2,1-5H3. The molecule has 0 fully saturated rings. The van der Waals surface area contributed by atoms with E-state index in [0.29, 0.717) is 56.5 Å². The van der Waals surface area contributed by atoms with Crippen molar-refractivity contribution in [1.29, 1.82) is 0 Å². The predicted molar refractivity (Wildman–Crippen MR) is 185 cm³/mol. The van der Waals surface area contributed by atoms with Gasteiger partial charge in [0, 0.05) is 34.0 Å². The number of ether oxygens (including phenoxy) is 6. The first kappa shape index (κ1) is 33.2. The van der Waals surface area contributed by atoms with E-state index in [0.717, 1.165) is 22.1 Å². The van der Waals surface area contributed by atoms with Crippen molar-refractivity contribution < 1.29 is 32.8 Å². The van der Waals surface area contributed by atoms with Crippen molar-refractivity contribution in [2.45, 2.75) is 17.2 Å². The van der Waals surface area contributed by atoms with Gasteiger partial charge in [-0.15, -0.1) is 15.3 Å². The highest BCUT2D eigenvalue weighted by atomic mass is 35.5. The molecule has 0 N–H and O–H groups in total. The van der Waals surface area contributed by atoms with Crippen LogP contribution in [-0.2, 0) is 0 Å². The highest BCUT2D eigenvalue weighted by Crippen LogP contribution is 2.44. The fourth-order valence-corrected chi connectivity index (χ4v) is 7.10. The number of aromatic nitrogens is 4. The van der Waals surface area contributed by atoms with E-state index in [9.17, 15) is 4.79 Å². The summed E-state index contributed by atoms with van der Waals surface area (Å²) in [5, 5.41) is 14.1. The molecule has 0 unspecified atom stereocenters. The summed E-state index contributed by atoms with van der Waals surface area (Å²) in [6.45, 7) is 0.262. The molecule has 0 bridgehead atoms. The van der Waals surface area contributed by atoms with Crippen LogP contribution in [0.3, 0.4) is 0 Å². The Morgan fingerprint density at radius 3 is 2.23 bits per heavy atom. The molecule has 0 aliphatic heterocycles. The van der Waals surface area contributed by atoms with E-state index in [-0.39, 0.29) is 34.5 Å². The minimum Gasteiger partial charge on any atom is -0.496 e. The molecule has 0 aliphatic carbocycles. The monoisotopic (exact) mass is 710 g/mol. The van der Waals surface area contributed by atoms with Crippen molar-refractivity contribution in [1.82, 2.24) is 19.8 Å². The number of thioether (sulfide) groups is 1. The van der Waals surface area contributed by atoms with Gasteiger partial charge in [-0.05, 0) is 49.2 Å². The number of methoxy groups -OCH3 is 5. The van der Waals surface area contributed by atoms with Crippen molar-refractivity contribution in [2.24, 2.45) is 0 Å². The minimum absolute atomic E-state index is 0.0382. The zero-order chi connectivity index (χ0) is 33.8. The summed E-state index contributed by atoms with van der Waals surface area (Å²) in [5.41, 5.74) is 1.27. The van der Waals surface area contributed by atoms with Crippen molar-refractivity contribution in [2.75, 3.05) is 47.9 Å². The second kappa shape index (κ2) is 14.6. The molecule has 3 aromatic heterocycles. The topological polar surface area (TPSA) is 129 Å². The zero-order valence-electron chi connectivity index (χ0n) is 26.7. The molecule has 3 aromatic carbocycles. The molecule has 0 aliphatic rings. The van der Waals surface area contributed by atoms with Crippen LogP contribution in [0.2, 0.25) is 5.02 Å². The number of nitrogens with zero attached hydrogens (tertiary/aromatic N) is 4. The van der Waals surface area contributed by atoms with Crippen molar-refractivity contribution in [3.63, 3.8) is 0 Å². The normalized spacial score (nSPS) is 11.2. The van der Waals surface area contributed by atoms with Gasteiger partial charge in [0.2, 0.25) is 21.9 Å². The maximum atomic E-state index is 14.0. The van der Waals surface area contributed by atoms with Gasteiger partial charge in [-0.25, -0.2) is 0 Å². The fourth-order valence-electron chi connectivity index (χ4n) is 5.03. The predicted octanol–water partition coefficient (Wildman–Crippen LogP) is 7.27. The number of fused-ring (bicyclic) bond motifs is 2. The van der Waals surface area contributed by atoms with E-state index in [1.807, 2.05) is 24.3 Å². The molecule has 250 valence electrons. The van der Waals surface area contributed by atoms with Gasteiger partial charge in [0.1, 0.15) is 22.5 Å². The maximum absolute atomic E-state index is 14.0. The van der Waals surface area contributed by atoms with Gasteiger partial charge in [0.15, 0.2) is 27.4 Å². The number of benzene rings is 3. The number of unbranched alkanes of at least 4 members (excludes halogenated alkanes) is 1. The molecule has 6 aromatic rings. The molecule has 0 radical (unpaired) electrons. The number of rotatable bonds is 14. The van der Waals surface area contributed by atoms with Gasteiger partial charge >= 0.3 is 0 Å². The summed E-state index contributed by atoms with van der Waals surface area (Å²) in [7, 11) is 7.55. The highest BCUT2D eigenvalue weighted by Gasteiger charge is 2.24. The second-order valence-electron chi connectivity index (χ2n) is 10.2. The molecule has 0 atom stereocenters. The molecule has 0 saturated carbocycles. The summed E-state index contributed by atoms with van der Waals surface area (Å²) in [5.74, 6) is 3.65. The minimum atomic E-state index is -0.384. The number of hydrogen-bond donors (Lipinski definition) is 0. The molecule has 0 saturated heterocycles. The van der Waals surface area contributed by atoms with Crippen LogP contribution in [0.25, 0.3) is 38.6 Å². The van der Waals surface area contributed by atoms with E-state index in [4.69, 9.17) is 49.5 Å². The molecular weight excluding hydrogens is 680 g/mol. The molecular formula is C33H31ClN4O8S2. The van der Waals surface area contributed by atoms with Gasteiger partial charge in [-0.3, -0.25) is 4.79 Å². The van der Waals surface area contributed by atoms with Gasteiger partial charge < -0.3 is 32.8 Å². The van der Waals surface area contributed by atoms with E-state index >= 15 is 0 Å². The van der Waals surface area contributed by atoms with E-state index in [1.165, 1.54) is 46.9 Å². The molecule has 15 heteroatoms. The van der Waals surface area contributed by atoms with Crippen LogP contribution in [0.5, 0.6) is 34.5 Å². The Morgan fingerprint density at radius 1 is 0.833 bits per heavy atom. The Morgan fingerprint density at radius 2 is 1.56 bits per heavy atom. The van der Waals surface area contributed by atoms with Crippen LogP contribution in [0, 0.1) is 0 Å². The number of halogens is 1. The average Bonchev–Trinajstić information content (AvgIpc) is 3.70. The molecule has 12 nitrogen and oxygen atoms in total. The fraction of sp³-hybridized carbons (Fsp3) is 0.273.